The number of halogens is 1. The topological polar surface area (TPSA) is 59.8 Å². The molecule has 0 radical (unpaired) electrons. The zero-order valence-electron chi connectivity index (χ0n) is 11.5. The highest BCUT2D eigenvalue weighted by atomic mass is 35.5. The molecule has 0 spiro atoms. The summed E-state index contributed by atoms with van der Waals surface area (Å²) in [6, 6.07) is 11.2. The quantitative estimate of drug-likeness (QED) is 0.781. The number of thiophene rings is 1. The third-order valence-corrected chi connectivity index (χ3v) is 4.30. The van der Waals surface area contributed by atoms with E-state index < -0.39 is 0 Å². The molecule has 3 rings (SSSR count). The molecule has 0 saturated heterocycles. The summed E-state index contributed by atoms with van der Waals surface area (Å²) in [5.74, 6) is -0.126. The molecule has 1 amide bonds. The lowest BCUT2D eigenvalue weighted by Crippen LogP contribution is -2.32. The minimum Gasteiger partial charge on any atom is -0.343 e. The predicted octanol–water partition coefficient (Wildman–Crippen LogP) is 2.90. The van der Waals surface area contributed by atoms with Crippen LogP contribution in [0.25, 0.3) is 0 Å². The van der Waals surface area contributed by atoms with Crippen LogP contribution < -0.4 is 5.32 Å². The van der Waals surface area contributed by atoms with Crippen molar-refractivity contribution in [3.05, 3.63) is 69.6 Å². The monoisotopic (exact) mass is 332 g/mol. The second-order valence-corrected chi connectivity index (χ2v) is 6.08. The standard InChI is InChI=1S/C15H13ClN4OS/c16-12-5-3-11(4-6-12)15(13-2-1-9-22-13)18-14(21)10-20-8-7-17-19-20/h1-9,15H,10H2,(H,18,21)/t15-/m0/s1. The largest absolute Gasteiger partial charge is 0.343 e. The van der Waals surface area contributed by atoms with E-state index in [0.717, 1.165) is 10.4 Å². The van der Waals surface area contributed by atoms with Crippen molar-refractivity contribution in [3.8, 4) is 0 Å². The molecule has 7 heteroatoms. The van der Waals surface area contributed by atoms with Crippen LogP contribution in [-0.4, -0.2) is 20.9 Å². The lowest BCUT2D eigenvalue weighted by atomic mass is 10.1. The molecule has 0 aliphatic heterocycles. The van der Waals surface area contributed by atoms with Crippen LogP contribution in [0.4, 0.5) is 0 Å². The van der Waals surface area contributed by atoms with Gasteiger partial charge in [0.2, 0.25) is 5.91 Å². The van der Waals surface area contributed by atoms with Crippen LogP contribution in [0.15, 0.2) is 54.2 Å². The molecular weight excluding hydrogens is 320 g/mol. The second kappa shape index (κ2) is 6.72. The average Bonchev–Trinajstić information content (AvgIpc) is 3.19. The number of carbonyl (C=O) groups is 1. The number of benzene rings is 1. The predicted molar refractivity (Wildman–Crippen MR) is 85.8 cm³/mol. The van der Waals surface area contributed by atoms with Crippen LogP contribution in [0.2, 0.25) is 5.02 Å². The van der Waals surface area contributed by atoms with Crippen molar-refractivity contribution in [2.24, 2.45) is 0 Å². The minimum atomic E-state index is -0.201. The number of hydrogen-bond acceptors (Lipinski definition) is 4. The molecule has 0 saturated carbocycles. The Morgan fingerprint density at radius 3 is 2.77 bits per heavy atom. The maximum Gasteiger partial charge on any atom is 0.242 e. The Labute approximate surface area is 136 Å². The molecule has 2 aromatic heterocycles. The first-order chi connectivity index (χ1) is 10.7. The van der Waals surface area contributed by atoms with Crippen molar-refractivity contribution in [1.29, 1.82) is 0 Å². The lowest BCUT2D eigenvalue weighted by Gasteiger charge is -2.18. The highest BCUT2D eigenvalue weighted by Gasteiger charge is 2.18. The normalized spacial score (nSPS) is 12.0. The maximum absolute atomic E-state index is 12.2. The van der Waals surface area contributed by atoms with Gasteiger partial charge in [-0.25, -0.2) is 4.68 Å². The van der Waals surface area contributed by atoms with Crippen molar-refractivity contribution in [1.82, 2.24) is 20.3 Å². The Hall–Kier alpha value is -2.18. The number of carbonyl (C=O) groups excluding carboxylic acids is 1. The fourth-order valence-electron chi connectivity index (χ4n) is 2.10. The number of amides is 1. The van der Waals surface area contributed by atoms with Gasteiger partial charge in [-0.2, -0.15) is 0 Å². The minimum absolute atomic E-state index is 0.126. The molecule has 0 unspecified atom stereocenters. The molecule has 0 bridgehead atoms. The van der Waals surface area contributed by atoms with E-state index in [2.05, 4.69) is 15.6 Å². The second-order valence-electron chi connectivity index (χ2n) is 4.67. The van der Waals surface area contributed by atoms with E-state index >= 15 is 0 Å². The Morgan fingerprint density at radius 2 is 2.14 bits per heavy atom. The summed E-state index contributed by atoms with van der Waals surface area (Å²) in [4.78, 5) is 13.3. The molecule has 1 N–H and O–H groups in total. The summed E-state index contributed by atoms with van der Waals surface area (Å²) in [6.07, 6.45) is 3.20. The molecule has 0 aliphatic carbocycles. The van der Waals surface area contributed by atoms with Gasteiger partial charge in [0.1, 0.15) is 6.54 Å². The zero-order valence-corrected chi connectivity index (χ0v) is 13.1. The van der Waals surface area contributed by atoms with Gasteiger partial charge in [0.05, 0.1) is 12.2 Å². The van der Waals surface area contributed by atoms with E-state index in [1.807, 2.05) is 41.8 Å². The van der Waals surface area contributed by atoms with E-state index in [-0.39, 0.29) is 18.5 Å². The third-order valence-electron chi connectivity index (χ3n) is 3.11. The Morgan fingerprint density at radius 1 is 1.32 bits per heavy atom. The molecule has 22 heavy (non-hydrogen) atoms. The Balaban J connectivity index is 1.80. The third kappa shape index (κ3) is 3.52. The lowest BCUT2D eigenvalue weighted by molar-refractivity contribution is -0.122. The van der Waals surface area contributed by atoms with Gasteiger partial charge in [-0.1, -0.05) is 35.0 Å². The van der Waals surface area contributed by atoms with Crippen molar-refractivity contribution in [2.45, 2.75) is 12.6 Å². The number of nitrogens with one attached hydrogen (secondary N) is 1. The summed E-state index contributed by atoms with van der Waals surface area (Å²) >= 11 is 7.54. The average molecular weight is 333 g/mol. The van der Waals surface area contributed by atoms with Gasteiger partial charge in [0, 0.05) is 16.1 Å². The van der Waals surface area contributed by atoms with Crippen molar-refractivity contribution in [2.75, 3.05) is 0 Å². The van der Waals surface area contributed by atoms with Crippen molar-refractivity contribution >= 4 is 28.8 Å². The maximum atomic E-state index is 12.2. The first-order valence-electron chi connectivity index (χ1n) is 6.65. The van der Waals surface area contributed by atoms with Gasteiger partial charge >= 0.3 is 0 Å². The fourth-order valence-corrected chi connectivity index (χ4v) is 3.03. The van der Waals surface area contributed by atoms with Gasteiger partial charge in [0.15, 0.2) is 0 Å². The summed E-state index contributed by atoms with van der Waals surface area (Å²) < 4.78 is 1.49. The van der Waals surface area contributed by atoms with Crippen LogP contribution in [0, 0.1) is 0 Å². The van der Waals surface area contributed by atoms with Gasteiger partial charge < -0.3 is 5.32 Å². The first kappa shape index (κ1) is 14.7. The van der Waals surface area contributed by atoms with Crippen molar-refractivity contribution < 1.29 is 4.79 Å². The van der Waals surface area contributed by atoms with Crippen LogP contribution in [0.1, 0.15) is 16.5 Å². The molecular formula is C15H13ClN4OS. The Kier molecular flexibility index (Phi) is 4.50. The van der Waals surface area contributed by atoms with E-state index in [9.17, 15) is 4.79 Å². The SMILES string of the molecule is O=C(Cn1ccnn1)N[C@@H](c1ccc(Cl)cc1)c1cccs1. The molecule has 3 aromatic rings. The summed E-state index contributed by atoms with van der Waals surface area (Å²) in [7, 11) is 0. The number of nitrogens with zero attached hydrogens (tertiary/aromatic N) is 3. The van der Waals surface area contributed by atoms with E-state index in [1.165, 1.54) is 4.68 Å². The van der Waals surface area contributed by atoms with Gasteiger partial charge in [-0.05, 0) is 29.1 Å². The van der Waals surface area contributed by atoms with Gasteiger partial charge in [-0.3, -0.25) is 4.79 Å². The number of hydrogen-bond donors (Lipinski definition) is 1. The zero-order chi connectivity index (χ0) is 15.4. The highest BCUT2D eigenvalue weighted by Crippen LogP contribution is 2.27. The molecule has 5 nitrogen and oxygen atoms in total. The molecule has 0 fully saturated rings. The highest BCUT2D eigenvalue weighted by molar-refractivity contribution is 7.10. The van der Waals surface area contributed by atoms with E-state index in [0.29, 0.717) is 5.02 Å². The number of rotatable bonds is 5. The van der Waals surface area contributed by atoms with Crippen molar-refractivity contribution in [3.63, 3.8) is 0 Å². The van der Waals surface area contributed by atoms with Gasteiger partial charge in [-0.15, -0.1) is 16.4 Å². The fraction of sp³-hybridized carbons (Fsp3) is 0.133. The molecule has 1 aromatic carbocycles. The number of aromatic nitrogens is 3. The van der Waals surface area contributed by atoms with E-state index in [1.54, 1.807) is 23.7 Å². The molecule has 0 aliphatic rings. The Bertz CT molecular complexity index is 726. The summed E-state index contributed by atoms with van der Waals surface area (Å²) in [5.41, 5.74) is 0.985. The van der Waals surface area contributed by atoms with Gasteiger partial charge in [0.25, 0.3) is 0 Å². The first-order valence-corrected chi connectivity index (χ1v) is 7.90. The van der Waals surface area contributed by atoms with Crippen LogP contribution in [0.5, 0.6) is 0 Å². The summed E-state index contributed by atoms with van der Waals surface area (Å²) in [5, 5.41) is 13.2. The van der Waals surface area contributed by atoms with Crippen LogP contribution in [0.3, 0.4) is 0 Å². The van der Waals surface area contributed by atoms with Crippen LogP contribution >= 0.6 is 22.9 Å². The smallest absolute Gasteiger partial charge is 0.242 e. The molecule has 2 heterocycles. The molecule has 112 valence electrons. The molecule has 1 atom stereocenters. The van der Waals surface area contributed by atoms with E-state index in [4.69, 9.17) is 11.6 Å². The van der Waals surface area contributed by atoms with Crippen LogP contribution in [-0.2, 0) is 11.3 Å². The summed E-state index contributed by atoms with van der Waals surface area (Å²) in [6.45, 7) is 0.134.